The van der Waals surface area contributed by atoms with Crippen LogP contribution in [0.2, 0.25) is 0 Å². The molecular weight excluding hydrogens is 429 g/mol. The van der Waals surface area contributed by atoms with Crippen LogP contribution in [0.3, 0.4) is 0 Å². The third-order valence-corrected chi connectivity index (χ3v) is 5.86. The molecule has 3 aromatic carbocycles. The number of carbonyl (C=O) groups is 1. The number of fused-ring (bicyclic) bond motifs is 1. The molecule has 172 valence electrons. The Hall–Kier alpha value is -3.16. The van der Waals surface area contributed by atoms with Crippen molar-refractivity contribution in [3.05, 3.63) is 89.0 Å². The Labute approximate surface area is 191 Å². The molecule has 1 heterocycles. The summed E-state index contributed by atoms with van der Waals surface area (Å²) in [7, 11) is 1.70. The molecule has 0 bridgehead atoms. The summed E-state index contributed by atoms with van der Waals surface area (Å²) in [5.74, 6) is -0.303. The monoisotopic (exact) mass is 454 g/mol. The Morgan fingerprint density at radius 2 is 1.79 bits per heavy atom. The van der Waals surface area contributed by atoms with Crippen LogP contribution < -0.4 is 5.32 Å². The molecule has 0 aliphatic carbocycles. The Bertz CT molecular complexity index is 1130. The number of halogens is 3. The van der Waals surface area contributed by atoms with Gasteiger partial charge >= 0.3 is 6.18 Å². The molecule has 0 fully saturated rings. The fraction of sp³-hybridized carbons (Fsp3) is 0.269. The van der Waals surface area contributed by atoms with Gasteiger partial charge in [-0.2, -0.15) is 13.2 Å². The van der Waals surface area contributed by atoms with Crippen molar-refractivity contribution in [3.63, 3.8) is 0 Å². The second kappa shape index (κ2) is 9.77. The Balaban J connectivity index is 1.51. The number of rotatable bonds is 6. The number of hydrogen-bond acceptors (Lipinski definition) is 3. The first kappa shape index (κ1) is 23.0. The quantitative estimate of drug-likeness (QED) is 0.525. The van der Waals surface area contributed by atoms with E-state index in [1.54, 1.807) is 31.4 Å². The van der Waals surface area contributed by atoms with E-state index in [9.17, 15) is 18.0 Å². The lowest BCUT2D eigenvalue weighted by Gasteiger charge is -2.28. The van der Waals surface area contributed by atoms with Crippen molar-refractivity contribution >= 4 is 11.6 Å². The number of nitrogens with one attached hydrogen (secondary N) is 1. The van der Waals surface area contributed by atoms with E-state index in [0.29, 0.717) is 29.0 Å². The number of anilines is 1. The fourth-order valence-electron chi connectivity index (χ4n) is 4.07. The van der Waals surface area contributed by atoms with Gasteiger partial charge in [0.25, 0.3) is 5.91 Å². The van der Waals surface area contributed by atoms with Gasteiger partial charge in [-0.15, -0.1) is 0 Å². The van der Waals surface area contributed by atoms with Gasteiger partial charge in [0.15, 0.2) is 0 Å². The molecule has 0 atom stereocenters. The normalized spacial score (nSPS) is 14.1. The molecule has 1 aliphatic heterocycles. The number of hydrogen-bond donors (Lipinski definition) is 1. The number of nitrogens with zero attached hydrogens (tertiary/aromatic N) is 1. The molecule has 3 aromatic rings. The zero-order valence-corrected chi connectivity index (χ0v) is 18.3. The van der Waals surface area contributed by atoms with Crippen LogP contribution >= 0.6 is 0 Å². The third-order valence-electron chi connectivity index (χ3n) is 5.86. The Kier molecular flexibility index (Phi) is 6.81. The summed E-state index contributed by atoms with van der Waals surface area (Å²) in [6, 6.07) is 17.7. The molecule has 0 unspecified atom stereocenters. The first-order valence-corrected chi connectivity index (χ1v) is 10.8. The molecule has 0 saturated heterocycles. The summed E-state index contributed by atoms with van der Waals surface area (Å²) in [6.07, 6.45) is -3.51. The van der Waals surface area contributed by atoms with E-state index in [1.807, 2.05) is 18.2 Å². The van der Waals surface area contributed by atoms with Gasteiger partial charge in [0.1, 0.15) is 0 Å². The predicted molar refractivity (Wildman–Crippen MR) is 122 cm³/mol. The van der Waals surface area contributed by atoms with Crippen molar-refractivity contribution in [1.82, 2.24) is 4.90 Å². The van der Waals surface area contributed by atoms with Gasteiger partial charge < -0.3 is 10.1 Å². The maximum atomic E-state index is 13.1. The predicted octanol–water partition coefficient (Wildman–Crippen LogP) is 5.63. The maximum Gasteiger partial charge on any atom is 0.416 e. The van der Waals surface area contributed by atoms with E-state index in [1.165, 1.54) is 23.3 Å². The Morgan fingerprint density at radius 1 is 1.03 bits per heavy atom. The zero-order chi connectivity index (χ0) is 23.4. The van der Waals surface area contributed by atoms with Crippen LogP contribution in [-0.4, -0.2) is 37.6 Å². The van der Waals surface area contributed by atoms with Crippen molar-refractivity contribution in [3.8, 4) is 11.1 Å². The van der Waals surface area contributed by atoms with Crippen molar-refractivity contribution in [2.75, 3.05) is 32.1 Å². The highest BCUT2D eigenvalue weighted by molar-refractivity contribution is 6.08. The number of carbonyl (C=O) groups excluding carboxylic acids is 1. The summed E-state index contributed by atoms with van der Waals surface area (Å²) < 4.78 is 43.8. The minimum Gasteiger partial charge on any atom is -0.383 e. The number of alkyl halides is 3. The highest BCUT2D eigenvalue weighted by Gasteiger charge is 2.30. The SMILES string of the molecule is COCCN1CCc2cc(NC(=O)c3ccccc3-c3ccc(C(F)(F)F)cc3)ccc2C1. The molecule has 1 amide bonds. The van der Waals surface area contributed by atoms with Crippen LogP contribution in [0, 0.1) is 0 Å². The van der Waals surface area contributed by atoms with E-state index >= 15 is 0 Å². The van der Waals surface area contributed by atoms with Crippen molar-refractivity contribution in [1.29, 1.82) is 0 Å². The standard InChI is InChI=1S/C26H25F3N2O2/c1-33-15-14-31-13-12-19-16-22(11-8-20(19)17-31)30-25(32)24-5-3-2-4-23(24)18-6-9-21(10-7-18)26(27,28)29/h2-11,16H,12-15,17H2,1H3,(H,30,32). The molecule has 4 nitrogen and oxygen atoms in total. The first-order chi connectivity index (χ1) is 15.8. The van der Waals surface area contributed by atoms with Crippen LogP contribution in [0.4, 0.5) is 18.9 Å². The molecule has 0 spiro atoms. The second-order valence-corrected chi connectivity index (χ2v) is 8.08. The summed E-state index contributed by atoms with van der Waals surface area (Å²) >= 11 is 0. The smallest absolute Gasteiger partial charge is 0.383 e. The molecule has 33 heavy (non-hydrogen) atoms. The zero-order valence-electron chi connectivity index (χ0n) is 18.3. The number of ether oxygens (including phenoxy) is 1. The molecule has 1 N–H and O–H groups in total. The molecule has 0 saturated carbocycles. The van der Waals surface area contributed by atoms with Crippen molar-refractivity contribution < 1.29 is 22.7 Å². The topological polar surface area (TPSA) is 41.6 Å². The van der Waals surface area contributed by atoms with Gasteiger partial charge in [0.2, 0.25) is 0 Å². The largest absolute Gasteiger partial charge is 0.416 e. The van der Waals surface area contributed by atoms with Crippen molar-refractivity contribution in [2.45, 2.75) is 19.1 Å². The molecular formula is C26H25F3N2O2. The van der Waals surface area contributed by atoms with Gasteiger partial charge in [-0.25, -0.2) is 0 Å². The number of benzene rings is 3. The summed E-state index contributed by atoms with van der Waals surface area (Å²) in [5.41, 5.74) is 3.96. The summed E-state index contributed by atoms with van der Waals surface area (Å²) in [4.78, 5) is 15.4. The molecule has 7 heteroatoms. The lowest BCUT2D eigenvalue weighted by Crippen LogP contribution is -2.33. The minimum absolute atomic E-state index is 0.303. The van der Waals surface area contributed by atoms with E-state index < -0.39 is 11.7 Å². The lowest BCUT2D eigenvalue weighted by atomic mass is 9.97. The minimum atomic E-state index is -4.40. The highest BCUT2D eigenvalue weighted by atomic mass is 19.4. The fourth-order valence-corrected chi connectivity index (χ4v) is 4.07. The molecule has 4 rings (SSSR count). The van der Waals surface area contributed by atoms with Gasteiger partial charge in [-0.3, -0.25) is 9.69 Å². The van der Waals surface area contributed by atoms with Crippen LogP contribution in [-0.2, 0) is 23.9 Å². The van der Waals surface area contributed by atoms with Crippen LogP contribution in [0.5, 0.6) is 0 Å². The van der Waals surface area contributed by atoms with Gasteiger partial charge in [-0.1, -0.05) is 36.4 Å². The average molecular weight is 454 g/mol. The maximum absolute atomic E-state index is 13.1. The number of methoxy groups -OCH3 is 1. The van der Waals surface area contributed by atoms with Gasteiger partial charge in [0, 0.05) is 38.0 Å². The summed E-state index contributed by atoms with van der Waals surface area (Å²) in [5, 5.41) is 2.95. The average Bonchev–Trinajstić information content (AvgIpc) is 2.82. The Morgan fingerprint density at radius 3 is 2.52 bits per heavy atom. The van der Waals surface area contributed by atoms with E-state index in [-0.39, 0.29) is 5.91 Å². The second-order valence-electron chi connectivity index (χ2n) is 8.08. The first-order valence-electron chi connectivity index (χ1n) is 10.8. The molecule has 1 aliphatic rings. The van der Waals surface area contributed by atoms with Gasteiger partial charge in [0.05, 0.1) is 12.2 Å². The van der Waals surface area contributed by atoms with Crippen LogP contribution in [0.25, 0.3) is 11.1 Å². The third kappa shape index (κ3) is 5.43. The summed E-state index contributed by atoms with van der Waals surface area (Å²) in [6.45, 7) is 3.37. The van der Waals surface area contributed by atoms with Crippen molar-refractivity contribution in [2.24, 2.45) is 0 Å². The van der Waals surface area contributed by atoms with E-state index in [2.05, 4.69) is 10.2 Å². The van der Waals surface area contributed by atoms with Crippen LogP contribution in [0.15, 0.2) is 66.7 Å². The van der Waals surface area contributed by atoms with E-state index in [4.69, 9.17) is 4.74 Å². The van der Waals surface area contributed by atoms with Gasteiger partial charge in [-0.05, 0) is 59.0 Å². The van der Waals surface area contributed by atoms with E-state index in [0.717, 1.165) is 38.2 Å². The number of amides is 1. The molecule has 0 radical (unpaired) electrons. The lowest BCUT2D eigenvalue weighted by molar-refractivity contribution is -0.137. The molecule has 0 aromatic heterocycles. The van der Waals surface area contributed by atoms with Crippen LogP contribution in [0.1, 0.15) is 27.0 Å². The highest BCUT2D eigenvalue weighted by Crippen LogP contribution is 2.32.